The molecule has 1 atom stereocenters. The number of rotatable bonds is 7. The lowest BCUT2D eigenvalue weighted by Gasteiger charge is -2.30. The van der Waals surface area contributed by atoms with Crippen molar-refractivity contribution >= 4 is 5.97 Å². The van der Waals surface area contributed by atoms with Crippen molar-refractivity contribution in [2.45, 2.75) is 38.0 Å². The normalized spacial score (nSPS) is 13.6. The minimum atomic E-state index is -0.835. The molecular weight excluding hydrogens is 260 g/mol. The molecule has 2 heteroatoms. The van der Waals surface area contributed by atoms with E-state index in [-0.39, 0.29) is 0 Å². The molecule has 21 heavy (non-hydrogen) atoms. The summed E-state index contributed by atoms with van der Waals surface area (Å²) >= 11 is 0. The zero-order valence-electron chi connectivity index (χ0n) is 12.5. The summed E-state index contributed by atoms with van der Waals surface area (Å²) in [5.41, 5.74) is 1.13. The van der Waals surface area contributed by atoms with Gasteiger partial charge in [0, 0.05) is 0 Å². The Morgan fingerprint density at radius 1 is 1.00 bits per heavy atom. The molecular formula is C19H22O2. The van der Waals surface area contributed by atoms with Crippen LogP contribution >= 0.6 is 0 Å². The van der Waals surface area contributed by atoms with Crippen LogP contribution in [0, 0.1) is 0 Å². The van der Waals surface area contributed by atoms with Gasteiger partial charge in [0.1, 0.15) is 0 Å². The van der Waals surface area contributed by atoms with E-state index >= 15 is 0 Å². The number of carboxylic acids is 1. The van der Waals surface area contributed by atoms with Gasteiger partial charge in [0.05, 0.1) is 5.41 Å². The molecule has 0 radical (unpaired) electrons. The van der Waals surface area contributed by atoms with Crippen molar-refractivity contribution < 1.29 is 9.90 Å². The number of hydrogen-bond donors (Lipinski definition) is 1. The molecule has 0 fully saturated rings. The second-order valence-electron chi connectivity index (χ2n) is 5.52. The molecule has 0 heterocycles. The lowest BCUT2D eigenvalue weighted by Crippen LogP contribution is -2.38. The van der Waals surface area contributed by atoms with Crippen molar-refractivity contribution in [1.29, 1.82) is 0 Å². The van der Waals surface area contributed by atoms with Gasteiger partial charge in [0.15, 0.2) is 0 Å². The van der Waals surface area contributed by atoms with E-state index in [0.717, 1.165) is 24.0 Å². The van der Waals surface area contributed by atoms with Crippen LogP contribution in [0.4, 0.5) is 0 Å². The van der Waals surface area contributed by atoms with Crippen LogP contribution in [0.15, 0.2) is 60.7 Å². The topological polar surface area (TPSA) is 37.3 Å². The van der Waals surface area contributed by atoms with Crippen molar-refractivity contribution in [1.82, 2.24) is 0 Å². The lowest BCUT2D eigenvalue weighted by atomic mass is 9.72. The van der Waals surface area contributed by atoms with Gasteiger partial charge >= 0.3 is 5.97 Å². The highest BCUT2D eigenvalue weighted by Gasteiger charge is 2.39. The Bertz CT molecular complexity index is 563. The molecule has 0 saturated heterocycles. The van der Waals surface area contributed by atoms with Gasteiger partial charge < -0.3 is 5.11 Å². The molecule has 110 valence electrons. The SMILES string of the molecule is CCCC[C@@](Cc1ccccc1)(C(=O)O)c1ccccc1. The third kappa shape index (κ3) is 3.52. The largest absolute Gasteiger partial charge is 0.481 e. The first-order valence-electron chi connectivity index (χ1n) is 7.52. The van der Waals surface area contributed by atoms with Crippen LogP contribution in [0.3, 0.4) is 0 Å². The summed E-state index contributed by atoms with van der Waals surface area (Å²) in [6.07, 6.45) is 3.11. The maximum atomic E-state index is 12.1. The molecule has 2 aromatic rings. The molecule has 0 bridgehead atoms. The molecule has 0 aromatic heterocycles. The average Bonchev–Trinajstić information content (AvgIpc) is 2.53. The highest BCUT2D eigenvalue weighted by molar-refractivity contribution is 5.82. The first kappa shape index (κ1) is 15.3. The molecule has 0 unspecified atom stereocenters. The van der Waals surface area contributed by atoms with Crippen molar-refractivity contribution in [2.75, 3.05) is 0 Å². The quantitative estimate of drug-likeness (QED) is 0.815. The summed E-state index contributed by atoms with van der Waals surface area (Å²) in [4.78, 5) is 12.1. The Hall–Kier alpha value is -2.09. The molecule has 0 saturated carbocycles. The predicted molar refractivity (Wildman–Crippen MR) is 85.4 cm³/mol. The van der Waals surface area contributed by atoms with Gasteiger partial charge in [-0.1, -0.05) is 80.4 Å². The molecule has 2 nitrogen and oxygen atoms in total. The fraction of sp³-hybridized carbons (Fsp3) is 0.316. The molecule has 0 amide bonds. The Labute approximate surface area is 126 Å². The summed E-state index contributed by atoms with van der Waals surface area (Å²) in [6, 6.07) is 19.5. The number of unbranched alkanes of at least 4 members (excludes halogenated alkanes) is 1. The Kier molecular flexibility index (Phi) is 5.15. The number of aliphatic carboxylic acids is 1. The van der Waals surface area contributed by atoms with E-state index in [0.29, 0.717) is 12.8 Å². The zero-order chi connectivity index (χ0) is 15.1. The summed E-state index contributed by atoms with van der Waals surface area (Å²) in [7, 11) is 0. The highest BCUT2D eigenvalue weighted by Crippen LogP contribution is 2.34. The van der Waals surface area contributed by atoms with Crippen molar-refractivity contribution in [2.24, 2.45) is 0 Å². The zero-order valence-corrected chi connectivity index (χ0v) is 12.5. The van der Waals surface area contributed by atoms with Crippen LogP contribution < -0.4 is 0 Å². The van der Waals surface area contributed by atoms with E-state index in [1.165, 1.54) is 0 Å². The van der Waals surface area contributed by atoms with E-state index in [2.05, 4.69) is 6.92 Å². The number of benzene rings is 2. The van der Waals surface area contributed by atoms with Gasteiger partial charge in [-0.3, -0.25) is 4.79 Å². The van der Waals surface area contributed by atoms with Crippen LogP contribution in [0.1, 0.15) is 37.3 Å². The standard InChI is InChI=1S/C19H22O2/c1-2-3-14-19(18(20)21,17-12-8-5-9-13-17)15-16-10-6-4-7-11-16/h4-13H,2-3,14-15H2,1H3,(H,20,21)/t19-/m0/s1. The number of carbonyl (C=O) groups is 1. The van der Waals surface area contributed by atoms with Gasteiger partial charge in [-0.05, 0) is 24.0 Å². The van der Waals surface area contributed by atoms with Crippen LogP contribution in [-0.4, -0.2) is 11.1 Å². The van der Waals surface area contributed by atoms with E-state index in [1.807, 2.05) is 60.7 Å². The van der Waals surface area contributed by atoms with E-state index in [9.17, 15) is 9.90 Å². The first-order chi connectivity index (χ1) is 10.2. The molecule has 2 aromatic carbocycles. The van der Waals surface area contributed by atoms with Gasteiger partial charge in [0.25, 0.3) is 0 Å². The smallest absolute Gasteiger partial charge is 0.314 e. The average molecular weight is 282 g/mol. The first-order valence-corrected chi connectivity index (χ1v) is 7.52. The molecule has 2 rings (SSSR count). The second-order valence-corrected chi connectivity index (χ2v) is 5.52. The maximum absolute atomic E-state index is 12.1. The summed E-state index contributed by atoms with van der Waals surface area (Å²) in [6.45, 7) is 2.10. The minimum absolute atomic E-state index is 0.535. The van der Waals surface area contributed by atoms with Gasteiger partial charge in [-0.15, -0.1) is 0 Å². The number of hydrogen-bond acceptors (Lipinski definition) is 1. The maximum Gasteiger partial charge on any atom is 0.314 e. The molecule has 0 aliphatic rings. The van der Waals surface area contributed by atoms with Crippen molar-refractivity contribution in [3.8, 4) is 0 Å². The fourth-order valence-corrected chi connectivity index (χ4v) is 2.82. The molecule has 0 spiro atoms. The van der Waals surface area contributed by atoms with Gasteiger partial charge in [-0.25, -0.2) is 0 Å². The fourth-order valence-electron chi connectivity index (χ4n) is 2.82. The third-order valence-electron chi connectivity index (χ3n) is 4.04. The lowest BCUT2D eigenvalue weighted by molar-refractivity contribution is -0.144. The van der Waals surface area contributed by atoms with E-state index < -0.39 is 11.4 Å². The molecule has 0 aliphatic heterocycles. The van der Waals surface area contributed by atoms with Gasteiger partial charge in [0.2, 0.25) is 0 Å². The minimum Gasteiger partial charge on any atom is -0.481 e. The van der Waals surface area contributed by atoms with Crippen molar-refractivity contribution in [3.63, 3.8) is 0 Å². The van der Waals surface area contributed by atoms with Crippen LogP contribution in [0.2, 0.25) is 0 Å². The second kappa shape index (κ2) is 7.07. The molecule has 1 N–H and O–H groups in total. The summed E-state index contributed by atoms with van der Waals surface area (Å²) in [5, 5.41) is 9.97. The number of carboxylic acid groups (broad SMARTS) is 1. The van der Waals surface area contributed by atoms with E-state index in [4.69, 9.17) is 0 Å². The van der Waals surface area contributed by atoms with Crippen molar-refractivity contribution in [3.05, 3.63) is 71.8 Å². The highest BCUT2D eigenvalue weighted by atomic mass is 16.4. The van der Waals surface area contributed by atoms with Gasteiger partial charge in [-0.2, -0.15) is 0 Å². The van der Waals surface area contributed by atoms with Crippen LogP contribution in [0.25, 0.3) is 0 Å². The molecule has 0 aliphatic carbocycles. The Morgan fingerprint density at radius 2 is 1.57 bits per heavy atom. The van der Waals surface area contributed by atoms with E-state index in [1.54, 1.807) is 0 Å². The van der Waals surface area contributed by atoms with Crippen LogP contribution in [-0.2, 0) is 16.6 Å². The summed E-state index contributed by atoms with van der Waals surface area (Å²) in [5.74, 6) is -0.731. The Balaban J connectivity index is 2.43. The van der Waals surface area contributed by atoms with Crippen LogP contribution in [0.5, 0.6) is 0 Å². The Morgan fingerprint density at radius 3 is 2.10 bits per heavy atom. The predicted octanol–water partition coefficient (Wildman–Crippen LogP) is 4.44. The summed E-state index contributed by atoms with van der Waals surface area (Å²) < 4.78 is 0. The third-order valence-corrected chi connectivity index (χ3v) is 4.04. The monoisotopic (exact) mass is 282 g/mol.